The molecule has 1 aliphatic rings. The second-order valence-corrected chi connectivity index (χ2v) is 6.32. The molecule has 0 spiro atoms. The highest BCUT2D eigenvalue weighted by molar-refractivity contribution is 5.82. The lowest BCUT2D eigenvalue weighted by Crippen LogP contribution is -2.52. The third-order valence-corrected chi connectivity index (χ3v) is 3.67. The Bertz CT molecular complexity index is 408. The number of urea groups is 1. The van der Waals surface area contributed by atoms with Gasteiger partial charge in [-0.1, -0.05) is 13.8 Å². The van der Waals surface area contributed by atoms with Crippen molar-refractivity contribution in [2.24, 2.45) is 5.41 Å². The number of rotatable bonds is 6. The molecule has 21 heavy (non-hydrogen) atoms. The molecule has 0 aromatic rings. The van der Waals surface area contributed by atoms with Crippen LogP contribution >= 0.6 is 0 Å². The van der Waals surface area contributed by atoms with Crippen molar-refractivity contribution < 1.29 is 24.6 Å². The van der Waals surface area contributed by atoms with Crippen LogP contribution in [0.5, 0.6) is 0 Å². The first-order chi connectivity index (χ1) is 9.71. The normalized spacial score (nSPS) is 18.9. The molecular weight excluding hydrogens is 276 g/mol. The topological polar surface area (TPSA) is 107 Å². The smallest absolute Gasteiger partial charge is 0.326 e. The van der Waals surface area contributed by atoms with Gasteiger partial charge in [0.2, 0.25) is 0 Å². The van der Waals surface area contributed by atoms with Gasteiger partial charge >= 0.3 is 18.0 Å². The summed E-state index contributed by atoms with van der Waals surface area (Å²) in [5.41, 5.74) is 0.0393. The first-order valence-electron chi connectivity index (χ1n) is 7.21. The Balaban J connectivity index is 2.52. The molecule has 0 radical (unpaired) electrons. The molecular formula is C14H24N2O5. The van der Waals surface area contributed by atoms with E-state index in [1.807, 2.05) is 0 Å². The number of carbonyl (C=O) groups is 3. The van der Waals surface area contributed by atoms with Crippen LogP contribution in [0.25, 0.3) is 0 Å². The van der Waals surface area contributed by atoms with Crippen LogP contribution in [0.3, 0.4) is 0 Å². The maximum absolute atomic E-state index is 12.1. The molecule has 0 unspecified atom stereocenters. The average Bonchev–Trinajstić information content (AvgIpc) is 2.35. The van der Waals surface area contributed by atoms with Crippen LogP contribution in [0.1, 0.15) is 46.0 Å². The third kappa shape index (κ3) is 6.01. The van der Waals surface area contributed by atoms with E-state index in [4.69, 9.17) is 10.2 Å². The number of likely N-dealkylation sites (tertiary alicyclic amines) is 1. The maximum Gasteiger partial charge on any atom is 0.326 e. The SMILES string of the molecule is CC1(C)CCCN(C(=O)N[C@H](CCCC(=O)O)C(=O)O)C1. The fourth-order valence-electron chi connectivity index (χ4n) is 2.55. The summed E-state index contributed by atoms with van der Waals surface area (Å²) in [5, 5.41) is 20.2. The largest absolute Gasteiger partial charge is 0.481 e. The average molecular weight is 300 g/mol. The fourth-order valence-corrected chi connectivity index (χ4v) is 2.55. The van der Waals surface area contributed by atoms with Gasteiger partial charge in [0.25, 0.3) is 0 Å². The van der Waals surface area contributed by atoms with Crippen LogP contribution < -0.4 is 5.32 Å². The van der Waals surface area contributed by atoms with Crippen molar-refractivity contribution in [3.63, 3.8) is 0 Å². The number of nitrogens with zero attached hydrogens (tertiary/aromatic N) is 1. The van der Waals surface area contributed by atoms with Gasteiger partial charge in [-0.3, -0.25) is 4.79 Å². The van der Waals surface area contributed by atoms with Gasteiger partial charge in [0.05, 0.1) is 0 Å². The van der Waals surface area contributed by atoms with E-state index in [0.29, 0.717) is 13.1 Å². The Labute approximate surface area is 124 Å². The van der Waals surface area contributed by atoms with Crippen LogP contribution in [-0.2, 0) is 9.59 Å². The van der Waals surface area contributed by atoms with Gasteiger partial charge in [-0.05, 0) is 31.1 Å². The molecule has 1 heterocycles. The molecule has 2 amide bonds. The van der Waals surface area contributed by atoms with Gasteiger partial charge in [-0.15, -0.1) is 0 Å². The van der Waals surface area contributed by atoms with Crippen LogP contribution in [0.4, 0.5) is 4.79 Å². The van der Waals surface area contributed by atoms with Gasteiger partial charge in [0, 0.05) is 19.5 Å². The van der Waals surface area contributed by atoms with E-state index < -0.39 is 18.0 Å². The highest BCUT2D eigenvalue weighted by atomic mass is 16.4. The summed E-state index contributed by atoms with van der Waals surface area (Å²) in [5.74, 6) is -2.10. The van der Waals surface area contributed by atoms with E-state index in [1.165, 1.54) is 0 Å². The van der Waals surface area contributed by atoms with E-state index in [-0.39, 0.29) is 30.7 Å². The zero-order valence-corrected chi connectivity index (χ0v) is 12.6. The Morgan fingerprint density at radius 2 is 1.95 bits per heavy atom. The van der Waals surface area contributed by atoms with Crippen molar-refractivity contribution >= 4 is 18.0 Å². The molecule has 1 aliphatic heterocycles. The maximum atomic E-state index is 12.1. The van der Waals surface area contributed by atoms with Gasteiger partial charge in [-0.2, -0.15) is 0 Å². The molecule has 3 N–H and O–H groups in total. The Morgan fingerprint density at radius 1 is 1.29 bits per heavy atom. The van der Waals surface area contributed by atoms with Crippen LogP contribution in [0.2, 0.25) is 0 Å². The number of piperidine rings is 1. The van der Waals surface area contributed by atoms with Crippen molar-refractivity contribution in [2.45, 2.75) is 52.0 Å². The number of nitrogens with one attached hydrogen (secondary N) is 1. The molecule has 1 fully saturated rings. The number of aliphatic carboxylic acids is 2. The summed E-state index contributed by atoms with van der Waals surface area (Å²) >= 11 is 0. The third-order valence-electron chi connectivity index (χ3n) is 3.67. The van der Waals surface area contributed by atoms with E-state index in [2.05, 4.69) is 19.2 Å². The lowest BCUT2D eigenvalue weighted by Gasteiger charge is -2.38. The summed E-state index contributed by atoms with van der Waals surface area (Å²) < 4.78 is 0. The van der Waals surface area contributed by atoms with E-state index in [1.54, 1.807) is 4.90 Å². The summed E-state index contributed by atoms with van der Waals surface area (Å²) in [6.45, 7) is 5.37. The number of carboxylic acid groups (broad SMARTS) is 2. The second kappa shape index (κ2) is 7.28. The Kier molecular flexibility index (Phi) is 5.99. The number of hydrogen-bond acceptors (Lipinski definition) is 3. The molecule has 0 aromatic heterocycles. The Morgan fingerprint density at radius 3 is 2.48 bits per heavy atom. The fraction of sp³-hybridized carbons (Fsp3) is 0.786. The number of amides is 2. The predicted octanol–water partition coefficient (Wildman–Crippen LogP) is 1.53. The number of hydrogen-bond donors (Lipinski definition) is 3. The zero-order chi connectivity index (χ0) is 16.0. The standard InChI is InChI=1S/C14H24N2O5/c1-14(2)7-4-8-16(9-14)13(21)15-10(12(19)20)5-3-6-11(17)18/h10H,3-9H2,1-2H3,(H,15,21)(H,17,18)(H,19,20)/t10-/m1/s1. The minimum atomic E-state index is -1.13. The highest BCUT2D eigenvalue weighted by Gasteiger charge is 2.30. The molecule has 7 nitrogen and oxygen atoms in total. The molecule has 0 bridgehead atoms. The monoisotopic (exact) mass is 300 g/mol. The second-order valence-electron chi connectivity index (χ2n) is 6.32. The summed E-state index contributed by atoms with van der Waals surface area (Å²) in [6.07, 6.45) is 2.17. The number of carboxylic acids is 2. The van der Waals surface area contributed by atoms with Gasteiger partial charge in [0.1, 0.15) is 6.04 Å². The molecule has 1 rings (SSSR count). The van der Waals surface area contributed by atoms with Crippen molar-refractivity contribution in [3.05, 3.63) is 0 Å². The minimum Gasteiger partial charge on any atom is -0.481 e. The van der Waals surface area contributed by atoms with Crippen molar-refractivity contribution in [1.82, 2.24) is 10.2 Å². The first kappa shape index (κ1) is 17.3. The van der Waals surface area contributed by atoms with E-state index >= 15 is 0 Å². The van der Waals surface area contributed by atoms with Crippen LogP contribution in [0.15, 0.2) is 0 Å². The van der Waals surface area contributed by atoms with Gasteiger partial charge in [-0.25, -0.2) is 9.59 Å². The molecule has 0 saturated carbocycles. The molecule has 1 atom stereocenters. The highest BCUT2D eigenvalue weighted by Crippen LogP contribution is 2.28. The molecule has 7 heteroatoms. The van der Waals surface area contributed by atoms with Gasteiger partial charge in [0.15, 0.2) is 0 Å². The zero-order valence-electron chi connectivity index (χ0n) is 12.6. The summed E-state index contributed by atoms with van der Waals surface area (Å²) in [7, 11) is 0. The van der Waals surface area contributed by atoms with Crippen molar-refractivity contribution in [3.8, 4) is 0 Å². The minimum absolute atomic E-state index is 0.0393. The lowest BCUT2D eigenvalue weighted by molar-refractivity contribution is -0.140. The van der Waals surface area contributed by atoms with E-state index in [9.17, 15) is 14.4 Å². The quantitative estimate of drug-likeness (QED) is 0.689. The Hall–Kier alpha value is -1.79. The molecule has 0 aliphatic carbocycles. The molecule has 120 valence electrons. The molecule has 1 saturated heterocycles. The molecule has 0 aromatic carbocycles. The predicted molar refractivity (Wildman–Crippen MR) is 76.0 cm³/mol. The number of carbonyl (C=O) groups excluding carboxylic acids is 1. The van der Waals surface area contributed by atoms with Crippen LogP contribution in [0, 0.1) is 5.41 Å². The van der Waals surface area contributed by atoms with Crippen molar-refractivity contribution in [1.29, 1.82) is 0 Å². The summed E-state index contributed by atoms with van der Waals surface area (Å²) in [6, 6.07) is -1.42. The first-order valence-corrected chi connectivity index (χ1v) is 7.21. The van der Waals surface area contributed by atoms with Gasteiger partial charge < -0.3 is 20.4 Å². The van der Waals surface area contributed by atoms with Crippen LogP contribution in [-0.4, -0.2) is 52.2 Å². The summed E-state index contributed by atoms with van der Waals surface area (Å²) in [4.78, 5) is 35.4. The van der Waals surface area contributed by atoms with E-state index in [0.717, 1.165) is 12.8 Å². The lowest BCUT2D eigenvalue weighted by atomic mass is 9.84. The van der Waals surface area contributed by atoms with Crippen molar-refractivity contribution in [2.75, 3.05) is 13.1 Å².